The maximum absolute atomic E-state index is 11.1. The van der Waals surface area contributed by atoms with E-state index in [1.807, 2.05) is 19.1 Å². The Morgan fingerprint density at radius 1 is 1.16 bits per heavy atom. The standard InChI is InChI=1S/C16H20N2O/c1-10-7-14(16(17)19)5-6-15(10)9-18-8-11(2)12(3)13(18)4/h5-8H,9H2,1-4H3,(H2,17,19). The lowest BCUT2D eigenvalue weighted by molar-refractivity contribution is 0.1000. The lowest BCUT2D eigenvalue weighted by Gasteiger charge is -2.10. The van der Waals surface area contributed by atoms with Crippen LogP contribution in [-0.4, -0.2) is 10.5 Å². The van der Waals surface area contributed by atoms with Crippen LogP contribution in [0.3, 0.4) is 0 Å². The van der Waals surface area contributed by atoms with Gasteiger partial charge in [0.25, 0.3) is 0 Å². The first-order chi connectivity index (χ1) is 8.90. The smallest absolute Gasteiger partial charge is 0.248 e. The summed E-state index contributed by atoms with van der Waals surface area (Å²) >= 11 is 0. The van der Waals surface area contributed by atoms with Gasteiger partial charge >= 0.3 is 0 Å². The minimum Gasteiger partial charge on any atom is -0.366 e. The molecule has 2 aromatic rings. The van der Waals surface area contributed by atoms with Gasteiger partial charge in [0.2, 0.25) is 5.91 Å². The highest BCUT2D eigenvalue weighted by atomic mass is 16.1. The van der Waals surface area contributed by atoms with E-state index in [0.717, 1.165) is 12.1 Å². The van der Waals surface area contributed by atoms with Crippen LogP contribution in [0.25, 0.3) is 0 Å². The van der Waals surface area contributed by atoms with E-state index in [2.05, 4.69) is 31.5 Å². The van der Waals surface area contributed by atoms with Crippen LogP contribution in [0.15, 0.2) is 24.4 Å². The molecule has 2 rings (SSSR count). The Hall–Kier alpha value is -2.03. The predicted octanol–water partition coefficient (Wildman–Crippen LogP) is 2.87. The summed E-state index contributed by atoms with van der Waals surface area (Å²) in [5.74, 6) is -0.376. The number of carbonyl (C=O) groups is 1. The number of carbonyl (C=O) groups excluding carboxylic acids is 1. The van der Waals surface area contributed by atoms with Crippen LogP contribution in [0, 0.1) is 27.7 Å². The Balaban J connectivity index is 2.33. The van der Waals surface area contributed by atoms with Crippen molar-refractivity contribution in [3.05, 3.63) is 57.9 Å². The average Bonchev–Trinajstić information content (AvgIpc) is 2.59. The van der Waals surface area contributed by atoms with E-state index < -0.39 is 0 Å². The van der Waals surface area contributed by atoms with Crippen LogP contribution in [0.2, 0.25) is 0 Å². The van der Waals surface area contributed by atoms with Crippen LogP contribution in [0.5, 0.6) is 0 Å². The van der Waals surface area contributed by atoms with Crippen molar-refractivity contribution < 1.29 is 4.79 Å². The maximum Gasteiger partial charge on any atom is 0.248 e. The number of aromatic nitrogens is 1. The number of benzene rings is 1. The molecule has 0 unspecified atom stereocenters. The van der Waals surface area contributed by atoms with E-state index in [0.29, 0.717) is 5.56 Å². The molecule has 1 amide bonds. The topological polar surface area (TPSA) is 48.0 Å². The molecule has 0 aliphatic heterocycles. The monoisotopic (exact) mass is 256 g/mol. The van der Waals surface area contributed by atoms with E-state index in [-0.39, 0.29) is 5.91 Å². The summed E-state index contributed by atoms with van der Waals surface area (Å²) < 4.78 is 2.25. The molecule has 3 heteroatoms. The summed E-state index contributed by atoms with van der Waals surface area (Å²) in [6.07, 6.45) is 2.17. The molecule has 0 saturated carbocycles. The quantitative estimate of drug-likeness (QED) is 0.902. The van der Waals surface area contributed by atoms with Crippen molar-refractivity contribution in [2.75, 3.05) is 0 Å². The summed E-state index contributed by atoms with van der Waals surface area (Å²) in [5, 5.41) is 0. The fraction of sp³-hybridized carbons (Fsp3) is 0.312. The number of nitrogens with two attached hydrogens (primary N) is 1. The van der Waals surface area contributed by atoms with Gasteiger partial charge in [0.15, 0.2) is 0 Å². The third-order valence-corrected chi connectivity index (χ3v) is 3.88. The van der Waals surface area contributed by atoms with Gasteiger partial charge < -0.3 is 10.3 Å². The molecule has 0 spiro atoms. The number of rotatable bonds is 3. The zero-order valence-electron chi connectivity index (χ0n) is 11.9. The summed E-state index contributed by atoms with van der Waals surface area (Å²) in [6.45, 7) is 9.24. The maximum atomic E-state index is 11.1. The number of primary amides is 1. The van der Waals surface area contributed by atoms with Crippen molar-refractivity contribution in [1.82, 2.24) is 4.57 Å². The number of hydrogen-bond acceptors (Lipinski definition) is 1. The number of amides is 1. The van der Waals surface area contributed by atoms with E-state index in [4.69, 9.17) is 5.73 Å². The van der Waals surface area contributed by atoms with Gasteiger partial charge in [-0.2, -0.15) is 0 Å². The molecule has 0 saturated heterocycles. The first-order valence-corrected chi connectivity index (χ1v) is 6.42. The molecular formula is C16H20N2O. The van der Waals surface area contributed by atoms with Crippen molar-refractivity contribution in [3.63, 3.8) is 0 Å². The molecular weight excluding hydrogens is 236 g/mol. The van der Waals surface area contributed by atoms with Gasteiger partial charge in [0.1, 0.15) is 0 Å². The number of hydrogen-bond donors (Lipinski definition) is 1. The van der Waals surface area contributed by atoms with Gasteiger partial charge in [-0.3, -0.25) is 4.79 Å². The average molecular weight is 256 g/mol. The van der Waals surface area contributed by atoms with Crippen molar-refractivity contribution >= 4 is 5.91 Å². The molecule has 0 aliphatic rings. The zero-order chi connectivity index (χ0) is 14.2. The second-order valence-corrected chi connectivity index (χ2v) is 5.16. The lowest BCUT2D eigenvalue weighted by atomic mass is 10.0. The molecule has 0 fully saturated rings. The predicted molar refractivity (Wildman–Crippen MR) is 77.4 cm³/mol. The Labute approximate surface area is 114 Å². The molecule has 0 aliphatic carbocycles. The SMILES string of the molecule is Cc1cc(C(N)=O)ccc1Cn1cc(C)c(C)c1C. The second-order valence-electron chi connectivity index (χ2n) is 5.16. The molecule has 0 bridgehead atoms. The number of nitrogens with zero attached hydrogens (tertiary/aromatic N) is 1. The Bertz CT molecular complexity index is 638. The third-order valence-electron chi connectivity index (χ3n) is 3.88. The molecule has 1 aromatic heterocycles. The van der Waals surface area contributed by atoms with Crippen molar-refractivity contribution in [1.29, 1.82) is 0 Å². The highest BCUT2D eigenvalue weighted by Crippen LogP contribution is 2.18. The normalized spacial score (nSPS) is 10.7. The molecule has 3 nitrogen and oxygen atoms in total. The van der Waals surface area contributed by atoms with Crippen LogP contribution >= 0.6 is 0 Å². The van der Waals surface area contributed by atoms with Crippen LogP contribution < -0.4 is 5.73 Å². The molecule has 0 atom stereocenters. The summed E-state index contributed by atoms with van der Waals surface area (Å²) in [5.41, 5.74) is 12.1. The van der Waals surface area contributed by atoms with Gasteiger partial charge in [0.05, 0.1) is 0 Å². The van der Waals surface area contributed by atoms with Gasteiger partial charge in [-0.25, -0.2) is 0 Å². The van der Waals surface area contributed by atoms with Crippen molar-refractivity contribution in [2.45, 2.75) is 34.2 Å². The Morgan fingerprint density at radius 2 is 1.84 bits per heavy atom. The first kappa shape index (κ1) is 13.4. The van der Waals surface area contributed by atoms with Gasteiger partial charge in [-0.1, -0.05) is 6.07 Å². The van der Waals surface area contributed by atoms with Gasteiger partial charge in [-0.15, -0.1) is 0 Å². The van der Waals surface area contributed by atoms with Crippen LogP contribution in [0.4, 0.5) is 0 Å². The summed E-state index contributed by atoms with van der Waals surface area (Å²) in [6, 6.07) is 5.64. The molecule has 1 heterocycles. The molecule has 1 aromatic carbocycles. The van der Waals surface area contributed by atoms with E-state index in [1.165, 1.54) is 22.4 Å². The third kappa shape index (κ3) is 2.55. The molecule has 100 valence electrons. The summed E-state index contributed by atoms with van der Waals surface area (Å²) in [7, 11) is 0. The second kappa shape index (κ2) is 4.92. The highest BCUT2D eigenvalue weighted by Gasteiger charge is 2.08. The van der Waals surface area contributed by atoms with Crippen molar-refractivity contribution in [2.24, 2.45) is 5.73 Å². The first-order valence-electron chi connectivity index (χ1n) is 6.42. The fourth-order valence-electron chi connectivity index (χ4n) is 2.30. The molecule has 0 radical (unpaired) electrons. The van der Waals surface area contributed by atoms with Crippen LogP contribution in [-0.2, 0) is 6.54 Å². The fourth-order valence-corrected chi connectivity index (χ4v) is 2.30. The molecule has 19 heavy (non-hydrogen) atoms. The molecule has 2 N–H and O–H groups in total. The minimum atomic E-state index is -0.376. The zero-order valence-corrected chi connectivity index (χ0v) is 11.9. The minimum absolute atomic E-state index is 0.376. The largest absolute Gasteiger partial charge is 0.366 e. The van der Waals surface area contributed by atoms with Gasteiger partial charge in [0, 0.05) is 24.0 Å². The Kier molecular flexibility index (Phi) is 3.47. The number of aryl methyl sites for hydroxylation is 2. The van der Waals surface area contributed by atoms with Gasteiger partial charge in [-0.05, 0) is 62.1 Å². The van der Waals surface area contributed by atoms with Crippen LogP contribution in [0.1, 0.15) is 38.3 Å². The summed E-state index contributed by atoms with van der Waals surface area (Å²) in [4.78, 5) is 11.1. The van der Waals surface area contributed by atoms with E-state index >= 15 is 0 Å². The van der Waals surface area contributed by atoms with E-state index in [1.54, 1.807) is 6.07 Å². The Morgan fingerprint density at radius 3 is 2.32 bits per heavy atom. The van der Waals surface area contributed by atoms with E-state index in [9.17, 15) is 4.79 Å². The highest BCUT2D eigenvalue weighted by molar-refractivity contribution is 5.93. The van der Waals surface area contributed by atoms with Crippen molar-refractivity contribution in [3.8, 4) is 0 Å². The lowest BCUT2D eigenvalue weighted by Crippen LogP contribution is -2.12.